The standard InChI is InChI=1S/C28H37N5S/c1-5-19-10-9-11-20(6-2)27(19)32-28(34)30-22-16-14-21(15-17-22)29-26-18-25(33(3)4)23-12-7-8-13-24(23)31-26/h7-13,18,21-22H,5-6,14-17H2,1-4H3,(H,29,31)(H2,30,32,34). The number of hydrogen-bond acceptors (Lipinski definition) is 4. The predicted octanol–water partition coefficient (Wildman–Crippen LogP) is 6.14. The maximum atomic E-state index is 5.70. The molecule has 4 rings (SSSR count). The van der Waals surface area contributed by atoms with Crippen molar-refractivity contribution < 1.29 is 0 Å². The molecule has 3 N–H and O–H groups in total. The molecule has 1 fully saturated rings. The van der Waals surface area contributed by atoms with Gasteiger partial charge in [0.2, 0.25) is 0 Å². The lowest BCUT2D eigenvalue weighted by Crippen LogP contribution is -2.42. The highest BCUT2D eigenvalue weighted by Crippen LogP contribution is 2.29. The quantitative estimate of drug-likeness (QED) is 0.357. The van der Waals surface area contributed by atoms with Crippen LogP contribution in [-0.4, -0.2) is 36.3 Å². The van der Waals surface area contributed by atoms with E-state index in [-0.39, 0.29) is 0 Å². The fourth-order valence-electron chi connectivity index (χ4n) is 4.93. The molecule has 0 amide bonds. The fraction of sp³-hybridized carbons (Fsp3) is 0.429. The van der Waals surface area contributed by atoms with E-state index in [0.29, 0.717) is 12.1 Å². The smallest absolute Gasteiger partial charge is 0.171 e. The van der Waals surface area contributed by atoms with Gasteiger partial charge in [0.15, 0.2) is 5.11 Å². The maximum absolute atomic E-state index is 5.70. The fourth-order valence-corrected chi connectivity index (χ4v) is 5.20. The Balaban J connectivity index is 1.34. The van der Waals surface area contributed by atoms with Crippen LogP contribution in [0.2, 0.25) is 0 Å². The molecule has 3 aromatic rings. The summed E-state index contributed by atoms with van der Waals surface area (Å²) in [5.74, 6) is 0.958. The first-order valence-electron chi connectivity index (χ1n) is 12.5. The number of hydrogen-bond donors (Lipinski definition) is 3. The van der Waals surface area contributed by atoms with E-state index in [1.807, 2.05) is 0 Å². The van der Waals surface area contributed by atoms with E-state index in [9.17, 15) is 0 Å². The molecule has 1 aliphatic carbocycles. The van der Waals surface area contributed by atoms with Crippen LogP contribution in [0.5, 0.6) is 0 Å². The predicted molar refractivity (Wildman–Crippen MR) is 150 cm³/mol. The lowest BCUT2D eigenvalue weighted by molar-refractivity contribution is 0.388. The van der Waals surface area contributed by atoms with Crippen molar-refractivity contribution in [2.24, 2.45) is 0 Å². The van der Waals surface area contributed by atoms with Crippen LogP contribution < -0.4 is 20.9 Å². The third kappa shape index (κ3) is 5.61. The Bertz CT molecular complexity index is 1110. The first-order chi connectivity index (χ1) is 16.5. The van der Waals surface area contributed by atoms with Crippen LogP contribution in [0.1, 0.15) is 50.7 Å². The summed E-state index contributed by atoms with van der Waals surface area (Å²) in [6.45, 7) is 4.38. The molecule has 0 spiro atoms. The van der Waals surface area contributed by atoms with Crippen molar-refractivity contribution in [2.75, 3.05) is 29.6 Å². The molecule has 0 unspecified atom stereocenters. The molecule has 1 aromatic heterocycles. The largest absolute Gasteiger partial charge is 0.377 e. The Morgan fingerprint density at radius 2 is 1.59 bits per heavy atom. The summed E-state index contributed by atoms with van der Waals surface area (Å²) in [7, 11) is 4.17. The topological polar surface area (TPSA) is 52.2 Å². The van der Waals surface area contributed by atoms with Crippen LogP contribution in [0.3, 0.4) is 0 Å². The van der Waals surface area contributed by atoms with Gasteiger partial charge < -0.3 is 20.9 Å². The number of aryl methyl sites for hydroxylation is 2. The van der Waals surface area contributed by atoms with E-state index in [0.717, 1.165) is 55.0 Å². The lowest BCUT2D eigenvalue weighted by Gasteiger charge is -2.31. The first-order valence-corrected chi connectivity index (χ1v) is 12.9. The van der Waals surface area contributed by atoms with Gasteiger partial charge in [-0.3, -0.25) is 0 Å². The number of pyridine rings is 1. The Labute approximate surface area is 209 Å². The molecule has 0 saturated heterocycles. The van der Waals surface area contributed by atoms with E-state index in [2.05, 4.69) is 97.3 Å². The van der Waals surface area contributed by atoms with Crippen LogP contribution in [-0.2, 0) is 12.8 Å². The van der Waals surface area contributed by atoms with E-state index in [4.69, 9.17) is 17.2 Å². The highest BCUT2D eigenvalue weighted by molar-refractivity contribution is 7.80. The zero-order valence-electron chi connectivity index (χ0n) is 20.8. The van der Waals surface area contributed by atoms with Gasteiger partial charge in [0.05, 0.1) is 5.52 Å². The van der Waals surface area contributed by atoms with Crippen LogP contribution in [0, 0.1) is 0 Å². The van der Waals surface area contributed by atoms with Crippen molar-refractivity contribution in [1.82, 2.24) is 10.3 Å². The normalized spacial score (nSPS) is 17.9. The Hall–Kier alpha value is -2.86. The lowest BCUT2D eigenvalue weighted by atomic mass is 9.91. The molecule has 6 heteroatoms. The van der Waals surface area contributed by atoms with Crippen LogP contribution in [0.15, 0.2) is 48.5 Å². The number of anilines is 3. The Kier molecular flexibility index (Phi) is 7.88. The summed E-state index contributed by atoms with van der Waals surface area (Å²) in [6.07, 6.45) is 6.35. The SMILES string of the molecule is CCc1cccc(CC)c1NC(=S)NC1CCC(Nc2cc(N(C)C)c3ccccc3n2)CC1. The molecule has 0 bridgehead atoms. The van der Waals surface area contributed by atoms with Crippen LogP contribution in [0.4, 0.5) is 17.2 Å². The van der Waals surface area contributed by atoms with Crippen molar-refractivity contribution >= 4 is 45.4 Å². The molecule has 0 radical (unpaired) electrons. The van der Waals surface area contributed by atoms with Gasteiger partial charge in [0.25, 0.3) is 0 Å². The minimum Gasteiger partial charge on any atom is -0.377 e. The van der Waals surface area contributed by atoms with Crippen LogP contribution in [0.25, 0.3) is 10.9 Å². The molecule has 0 atom stereocenters. The summed E-state index contributed by atoms with van der Waals surface area (Å²) >= 11 is 5.70. The van der Waals surface area contributed by atoms with Gasteiger partial charge in [0.1, 0.15) is 5.82 Å². The van der Waals surface area contributed by atoms with Crippen molar-refractivity contribution in [3.8, 4) is 0 Å². The average Bonchev–Trinajstić information content (AvgIpc) is 2.84. The van der Waals surface area contributed by atoms with Crippen molar-refractivity contribution in [3.05, 3.63) is 59.7 Å². The number of fused-ring (bicyclic) bond motifs is 1. The molecular weight excluding hydrogens is 438 g/mol. The maximum Gasteiger partial charge on any atom is 0.171 e. The number of thiocarbonyl (C=S) groups is 1. The number of benzene rings is 2. The van der Waals surface area contributed by atoms with Crippen molar-refractivity contribution in [1.29, 1.82) is 0 Å². The Morgan fingerprint density at radius 3 is 2.24 bits per heavy atom. The van der Waals surface area contributed by atoms with E-state index >= 15 is 0 Å². The molecule has 5 nitrogen and oxygen atoms in total. The summed E-state index contributed by atoms with van der Waals surface area (Å²) in [5, 5.41) is 12.7. The molecule has 180 valence electrons. The van der Waals surface area contributed by atoms with Gasteiger partial charge in [-0.1, -0.05) is 50.2 Å². The molecule has 34 heavy (non-hydrogen) atoms. The summed E-state index contributed by atoms with van der Waals surface area (Å²) in [5.41, 5.74) is 6.03. The molecule has 1 aliphatic rings. The summed E-state index contributed by atoms with van der Waals surface area (Å²) in [4.78, 5) is 7.03. The third-order valence-electron chi connectivity index (χ3n) is 6.83. The van der Waals surface area contributed by atoms with Gasteiger partial charge in [-0.25, -0.2) is 4.98 Å². The van der Waals surface area contributed by atoms with Gasteiger partial charge in [-0.15, -0.1) is 0 Å². The second-order valence-electron chi connectivity index (χ2n) is 9.39. The van der Waals surface area contributed by atoms with Crippen molar-refractivity contribution in [3.63, 3.8) is 0 Å². The number of nitrogens with one attached hydrogen (secondary N) is 3. The number of nitrogens with zero attached hydrogens (tertiary/aromatic N) is 2. The van der Waals surface area contributed by atoms with Gasteiger partial charge in [0, 0.05) is 49.0 Å². The second-order valence-corrected chi connectivity index (χ2v) is 9.80. The minimum absolute atomic E-state index is 0.402. The zero-order valence-corrected chi connectivity index (χ0v) is 21.6. The van der Waals surface area contributed by atoms with Gasteiger partial charge in [-0.2, -0.15) is 0 Å². The molecule has 1 saturated carbocycles. The zero-order chi connectivity index (χ0) is 24.1. The second kappa shape index (κ2) is 11.0. The van der Waals surface area contributed by atoms with E-state index in [1.54, 1.807) is 0 Å². The highest BCUT2D eigenvalue weighted by atomic mass is 32.1. The monoisotopic (exact) mass is 475 g/mol. The highest BCUT2D eigenvalue weighted by Gasteiger charge is 2.22. The average molecular weight is 476 g/mol. The van der Waals surface area contributed by atoms with E-state index < -0.39 is 0 Å². The van der Waals surface area contributed by atoms with Gasteiger partial charge >= 0.3 is 0 Å². The molecular formula is C28H37N5S. The summed E-state index contributed by atoms with van der Waals surface area (Å²) in [6, 6.07) is 17.8. The van der Waals surface area contributed by atoms with Crippen molar-refractivity contribution in [2.45, 2.75) is 64.5 Å². The number of para-hydroxylation sites is 2. The minimum atomic E-state index is 0.402. The van der Waals surface area contributed by atoms with Gasteiger partial charge in [-0.05, 0) is 67.9 Å². The Morgan fingerprint density at radius 1 is 0.941 bits per heavy atom. The molecule has 0 aliphatic heterocycles. The van der Waals surface area contributed by atoms with E-state index in [1.165, 1.54) is 27.9 Å². The molecule has 1 heterocycles. The molecule has 2 aromatic carbocycles. The first kappa shape index (κ1) is 24.3. The van der Waals surface area contributed by atoms with Crippen LogP contribution >= 0.6 is 12.2 Å². The number of aromatic nitrogens is 1. The number of rotatable bonds is 7. The third-order valence-corrected chi connectivity index (χ3v) is 7.05. The summed E-state index contributed by atoms with van der Waals surface area (Å²) < 4.78 is 0.